The average Bonchev–Trinajstić information content (AvgIpc) is 3.19. The van der Waals surface area contributed by atoms with Gasteiger partial charge in [0.1, 0.15) is 25.0 Å². The maximum Gasteiger partial charge on any atom is 0.338 e. The first kappa shape index (κ1) is 40.2. The Hall–Kier alpha value is -5.97. The van der Waals surface area contributed by atoms with Crippen LogP contribution in [0.15, 0.2) is 89.9 Å². The highest BCUT2D eigenvalue weighted by Gasteiger charge is 2.31. The molecule has 14 heteroatoms. The van der Waals surface area contributed by atoms with Crippen LogP contribution < -0.4 is 20.9 Å². The minimum Gasteiger partial charge on any atom is -0.495 e. The summed E-state index contributed by atoms with van der Waals surface area (Å²) >= 11 is 6.18. The van der Waals surface area contributed by atoms with Crippen molar-refractivity contribution in [2.45, 2.75) is 57.3 Å². The molecule has 2 amide bonds. The van der Waals surface area contributed by atoms with Crippen LogP contribution in [0, 0.1) is 11.3 Å². The Morgan fingerprint density at radius 3 is 2.40 bits per heavy atom. The number of benzene rings is 3. The largest absolute Gasteiger partial charge is 0.495 e. The molecule has 13 nitrogen and oxygen atoms in total. The van der Waals surface area contributed by atoms with Crippen LogP contribution in [0.2, 0.25) is 5.02 Å². The topological polar surface area (TPSA) is 169 Å². The zero-order valence-electron chi connectivity index (χ0n) is 30.8. The van der Waals surface area contributed by atoms with Crippen molar-refractivity contribution in [3.8, 4) is 22.9 Å². The number of rotatable bonds is 14. The van der Waals surface area contributed by atoms with Crippen molar-refractivity contribution in [2.75, 3.05) is 32.6 Å². The summed E-state index contributed by atoms with van der Waals surface area (Å²) in [7, 11) is 3.27. The average molecular weight is 768 g/mol. The minimum atomic E-state index is -1.24. The van der Waals surface area contributed by atoms with Crippen LogP contribution in [0.25, 0.3) is 11.1 Å². The van der Waals surface area contributed by atoms with Crippen molar-refractivity contribution in [3.05, 3.63) is 117 Å². The van der Waals surface area contributed by atoms with E-state index in [1.54, 1.807) is 37.3 Å². The summed E-state index contributed by atoms with van der Waals surface area (Å²) in [6.45, 7) is 2.02. The van der Waals surface area contributed by atoms with E-state index in [4.69, 9.17) is 25.8 Å². The number of halogens is 1. The zero-order valence-corrected chi connectivity index (χ0v) is 31.5. The Labute approximate surface area is 323 Å². The van der Waals surface area contributed by atoms with Gasteiger partial charge in [0.25, 0.3) is 5.56 Å². The number of ether oxygens (including phenoxy) is 3. The van der Waals surface area contributed by atoms with Gasteiger partial charge in [-0.2, -0.15) is 5.26 Å². The van der Waals surface area contributed by atoms with Gasteiger partial charge in [-0.05, 0) is 80.9 Å². The molecular weight excluding hydrogens is 726 g/mol. The number of carbonyl (C=O) groups is 4. The van der Waals surface area contributed by atoms with Gasteiger partial charge in [-0.25, -0.2) is 9.59 Å². The molecule has 1 saturated heterocycles. The summed E-state index contributed by atoms with van der Waals surface area (Å²) in [5.41, 5.74) is 1.82. The van der Waals surface area contributed by atoms with Crippen LogP contribution in [0.5, 0.6) is 5.75 Å². The molecule has 0 spiro atoms. The van der Waals surface area contributed by atoms with E-state index >= 15 is 0 Å². The van der Waals surface area contributed by atoms with Crippen LogP contribution in [0.3, 0.4) is 0 Å². The molecule has 0 bridgehead atoms. The summed E-state index contributed by atoms with van der Waals surface area (Å²) < 4.78 is 17.8. The third-order valence-corrected chi connectivity index (χ3v) is 9.58. The van der Waals surface area contributed by atoms with E-state index in [9.17, 15) is 29.2 Å². The van der Waals surface area contributed by atoms with Gasteiger partial charge in [0, 0.05) is 27.9 Å². The van der Waals surface area contributed by atoms with Crippen LogP contribution in [0.4, 0.5) is 5.69 Å². The van der Waals surface area contributed by atoms with Gasteiger partial charge in [0.2, 0.25) is 11.8 Å². The molecule has 2 N–H and O–H groups in total. The summed E-state index contributed by atoms with van der Waals surface area (Å²) in [4.78, 5) is 68.2. The second-order valence-electron chi connectivity index (χ2n) is 13.0. The van der Waals surface area contributed by atoms with Gasteiger partial charge >= 0.3 is 11.9 Å². The van der Waals surface area contributed by atoms with Crippen molar-refractivity contribution in [2.24, 2.45) is 0 Å². The lowest BCUT2D eigenvalue weighted by Gasteiger charge is -2.32. The maximum atomic E-state index is 13.5. The smallest absolute Gasteiger partial charge is 0.338 e. The van der Waals surface area contributed by atoms with E-state index in [1.165, 1.54) is 48.2 Å². The number of hydrogen-bond donors (Lipinski definition) is 2. The molecule has 3 atom stereocenters. The number of anilines is 1. The molecule has 55 heavy (non-hydrogen) atoms. The van der Waals surface area contributed by atoms with Crippen LogP contribution in [0.1, 0.15) is 60.1 Å². The Morgan fingerprint density at radius 2 is 1.73 bits per heavy atom. The SMILES string of the molecule is CCC(C(=O)Nc1ccc(C(=O)OC[C@H](NC(=O)C2CCCCN2C)C(=O)OCc2ccccc2)cc1)n1cc(OC)c(-c2cc(Cl)ccc2C#N)cc1=O. The van der Waals surface area contributed by atoms with E-state index in [-0.39, 0.29) is 30.2 Å². The fraction of sp³-hybridized carbons (Fsp3) is 0.317. The molecule has 2 unspecified atom stereocenters. The number of pyridine rings is 1. The number of nitrogens with one attached hydrogen (secondary N) is 2. The first-order valence-electron chi connectivity index (χ1n) is 17.8. The summed E-state index contributed by atoms with van der Waals surface area (Å²) in [6, 6.07) is 20.5. The predicted octanol–water partition coefficient (Wildman–Crippen LogP) is 5.51. The molecule has 1 aliphatic heterocycles. The number of esters is 2. The zero-order chi connectivity index (χ0) is 39.5. The molecule has 1 fully saturated rings. The molecule has 286 valence electrons. The summed E-state index contributed by atoms with van der Waals surface area (Å²) in [6.07, 6.45) is 4.17. The number of carbonyl (C=O) groups excluding carboxylic acids is 4. The van der Waals surface area contributed by atoms with E-state index in [2.05, 4.69) is 16.7 Å². The van der Waals surface area contributed by atoms with E-state index in [0.29, 0.717) is 33.8 Å². The summed E-state index contributed by atoms with van der Waals surface area (Å²) in [5.74, 6) is -2.08. The van der Waals surface area contributed by atoms with Gasteiger partial charge in [-0.15, -0.1) is 0 Å². The van der Waals surface area contributed by atoms with Crippen molar-refractivity contribution in [1.82, 2.24) is 14.8 Å². The molecule has 0 saturated carbocycles. The Morgan fingerprint density at radius 1 is 0.982 bits per heavy atom. The maximum absolute atomic E-state index is 13.5. The lowest BCUT2D eigenvalue weighted by Crippen LogP contribution is -2.53. The fourth-order valence-corrected chi connectivity index (χ4v) is 6.49. The van der Waals surface area contributed by atoms with Gasteiger partial charge in [-0.3, -0.25) is 23.9 Å². The lowest BCUT2D eigenvalue weighted by atomic mass is 10.00. The molecule has 2 heterocycles. The highest BCUT2D eigenvalue weighted by atomic mass is 35.5. The minimum absolute atomic E-state index is 0.0188. The van der Waals surface area contributed by atoms with Crippen molar-refractivity contribution in [1.29, 1.82) is 5.26 Å². The third kappa shape index (κ3) is 10.2. The molecule has 1 aromatic heterocycles. The van der Waals surface area contributed by atoms with E-state index in [1.807, 2.05) is 30.1 Å². The molecule has 0 radical (unpaired) electrons. The standard InChI is InChI=1S/C41H42ClN5O8/c1-4-34(47-23-36(53-3)32(21-37(47)48)31-20-29(42)16-13-28(31)22-43)38(49)44-30-17-14-27(15-18-30)40(51)55-25-33(41(52)54-24-26-10-6-5-7-11-26)45-39(50)35-12-8-9-19-46(35)2/h5-7,10-11,13-18,20-21,23,33-35H,4,8-9,12,19,24-25H2,1-3H3,(H,44,49)(H,45,50)/t33-,34?,35?/m0/s1. The van der Waals surface area contributed by atoms with Gasteiger partial charge < -0.3 is 24.8 Å². The number of amides is 2. The number of likely N-dealkylation sites (tertiary alicyclic amines) is 1. The number of aromatic nitrogens is 1. The first-order chi connectivity index (χ1) is 26.5. The van der Waals surface area contributed by atoms with Crippen molar-refractivity contribution in [3.63, 3.8) is 0 Å². The number of hydrogen-bond acceptors (Lipinski definition) is 10. The Kier molecular flexibility index (Phi) is 13.8. The van der Waals surface area contributed by atoms with Gasteiger partial charge in [0.05, 0.1) is 36.5 Å². The molecule has 5 rings (SSSR count). The molecule has 4 aromatic rings. The Balaban J connectivity index is 1.25. The van der Waals surface area contributed by atoms with E-state index in [0.717, 1.165) is 24.9 Å². The van der Waals surface area contributed by atoms with Crippen molar-refractivity contribution < 1.29 is 33.4 Å². The number of nitrogens with zero attached hydrogens (tertiary/aromatic N) is 3. The number of likely N-dealkylation sites (N-methyl/N-ethyl adjacent to an activating group) is 1. The molecule has 1 aliphatic rings. The van der Waals surface area contributed by atoms with Crippen LogP contribution in [-0.4, -0.2) is 72.6 Å². The fourth-order valence-electron chi connectivity index (χ4n) is 6.32. The second-order valence-corrected chi connectivity index (χ2v) is 13.5. The third-order valence-electron chi connectivity index (χ3n) is 9.35. The molecular formula is C41H42ClN5O8. The normalized spacial score (nSPS) is 15.1. The van der Waals surface area contributed by atoms with Gasteiger partial charge in [-0.1, -0.05) is 55.3 Å². The second kappa shape index (κ2) is 18.9. The van der Waals surface area contributed by atoms with Crippen LogP contribution >= 0.6 is 11.6 Å². The number of methoxy groups -OCH3 is 1. The number of piperidine rings is 1. The predicted molar refractivity (Wildman–Crippen MR) is 206 cm³/mol. The lowest BCUT2D eigenvalue weighted by molar-refractivity contribution is -0.151. The highest BCUT2D eigenvalue weighted by Crippen LogP contribution is 2.33. The molecule has 0 aliphatic carbocycles. The Bertz CT molecular complexity index is 2120. The van der Waals surface area contributed by atoms with Crippen LogP contribution in [-0.2, 0) is 30.5 Å². The van der Waals surface area contributed by atoms with Crippen molar-refractivity contribution >= 4 is 41.0 Å². The first-order valence-corrected chi connectivity index (χ1v) is 18.2. The molecule has 3 aromatic carbocycles. The summed E-state index contributed by atoms with van der Waals surface area (Å²) in [5, 5.41) is 15.5. The number of nitriles is 1. The van der Waals surface area contributed by atoms with E-state index < -0.39 is 48.1 Å². The van der Waals surface area contributed by atoms with Gasteiger partial charge in [0.15, 0.2) is 6.04 Å². The quantitative estimate of drug-likeness (QED) is 0.156. The highest BCUT2D eigenvalue weighted by molar-refractivity contribution is 6.31. The monoisotopic (exact) mass is 767 g/mol.